The molecule has 0 aliphatic rings. The van der Waals surface area contributed by atoms with Crippen LogP contribution in [-0.4, -0.2) is 39.4 Å². The number of hydrogen-bond acceptors (Lipinski definition) is 4. The molecule has 2 heterocycles. The molecule has 26 heavy (non-hydrogen) atoms. The van der Waals surface area contributed by atoms with Crippen LogP contribution in [-0.2, 0) is 10.2 Å². The van der Waals surface area contributed by atoms with Crippen molar-refractivity contribution in [3.63, 3.8) is 0 Å². The predicted octanol–water partition coefficient (Wildman–Crippen LogP) is 3.19. The van der Waals surface area contributed by atoms with Crippen LogP contribution in [0, 0.1) is 0 Å². The van der Waals surface area contributed by atoms with Gasteiger partial charge in [0.25, 0.3) is 0 Å². The standard InChI is InChI=1S/C18H22ClN5O2/c1-18(2,3)15-14(19)17-21-16(23-24(17)22-15)11-5-7-12(8-6-11)26-10-9-13(25)20-4/h5-8,22H,9-10H2,1-4H3,(H,20,25). The quantitative estimate of drug-likeness (QED) is 0.717. The highest BCUT2D eigenvalue weighted by Gasteiger charge is 2.24. The van der Waals surface area contributed by atoms with E-state index in [1.54, 1.807) is 11.7 Å². The van der Waals surface area contributed by atoms with Crippen LogP contribution in [0.25, 0.3) is 17.0 Å². The normalized spacial score (nSPS) is 11.7. The molecule has 2 N–H and O–H groups in total. The van der Waals surface area contributed by atoms with Gasteiger partial charge in [-0.15, -0.1) is 5.10 Å². The number of amides is 1. The lowest BCUT2D eigenvalue weighted by molar-refractivity contribution is -0.121. The van der Waals surface area contributed by atoms with Crippen molar-refractivity contribution in [1.29, 1.82) is 0 Å². The smallest absolute Gasteiger partial charge is 0.223 e. The second-order valence-electron chi connectivity index (χ2n) is 7.02. The summed E-state index contributed by atoms with van der Waals surface area (Å²) in [7, 11) is 1.60. The summed E-state index contributed by atoms with van der Waals surface area (Å²) >= 11 is 6.46. The Hall–Kier alpha value is -2.54. The zero-order chi connectivity index (χ0) is 18.9. The van der Waals surface area contributed by atoms with Crippen molar-refractivity contribution in [3.8, 4) is 17.1 Å². The van der Waals surface area contributed by atoms with E-state index in [1.807, 2.05) is 24.3 Å². The number of carbonyl (C=O) groups excluding carboxylic acids is 1. The minimum Gasteiger partial charge on any atom is -0.493 e. The molecule has 0 saturated heterocycles. The molecular weight excluding hydrogens is 354 g/mol. The van der Waals surface area contributed by atoms with Gasteiger partial charge in [0.2, 0.25) is 5.91 Å². The second-order valence-corrected chi connectivity index (χ2v) is 7.40. The molecule has 7 nitrogen and oxygen atoms in total. The molecule has 8 heteroatoms. The molecule has 0 unspecified atom stereocenters. The number of aromatic amines is 1. The van der Waals surface area contributed by atoms with E-state index in [2.05, 4.69) is 41.3 Å². The average molecular weight is 376 g/mol. The zero-order valence-electron chi connectivity index (χ0n) is 15.3. The Morgan fingerprint density at radius 1 is 1.31 bits per heavy atom. The highest BCUT2D eigenvalue weighted by molar-refractivity contribution is 6.34. The molecule has 0 fully saturated rings. The first-order valence-corrected chi connectivity index (χ1v) is 8.76. The summed E-state index contributed by atoms with van der Waals surface area (Å²) in [5, 5.41) is 10.8. The molecule has 2 aromatic heterocycles. The average Bonchev–Trinajstić information content (AvgIpc) is 3.15. The van der Waals surface area contributed by atoms with Gasteiger partial charge >= 0.3 is 0 Å². The van der Waals surface area contributed by atoms with Gasteiger partial charge in [0.15, 0.2) is 11.5 Å². The molecule has 0 bridgehead atoms. The highest BCUT2D eigenvalue weighted by Crippen LogP contribution is 2.31. The fraction of sp³-hybridized carbons (Fsp3) is 0.389. The van der Waals surface area contributed by atoms with E-state index in [0.717, 1.165) is 11.3 Å². The fourth-order valence-electron chi connectivity index (χ4n) is 2.50. The van der Waals surface area contributed by atoms with Gasteiger partial charge in [-0.05, 0) is 24.3 Å². The molecule has 3 aromatic rings. The highest BCUT2D eigenvalue weighted by atomic mass is 35.5. The first-order valence-electron chi connectivity index (χ1n) is 8.38. The lowest BCUT2D eigenvalue weighted by atomic mass is 9.92. The maximum atomic E-state index is 11.2. The van der Waals surface area contributed by atoms with E-state index in [1.165, 1.54) is 0 Å². The summed E-state index contributed by atoms with van der Waals surface area (Å²) in [6.45, 7) is 6.56. The van der Waals surface area contributed by atoms with Gasteiger partial charge in [-0.3, -0.25) is 9.89 Å². The lowest BCUT2D eigenvalue weighted by Gasteiger charge is -2.16. The Bertz CT molecular complexity index is 922. The van der Waals surface area contributed by atoms with Crippen molar-refractivity contribution in [2.45, 2.75) is 32.6 Å². The Kier molecular flexibility index (Phi) is 4.91. The maximum Gasteiger partial charge on any atom is 0.223 e. The van der Waals surface area contributed by atoms with Crippen LogP contribution in [0.3, 0.4) is 0 Å². The van der Waals surface area contributed by atoms with Gasteiger partial charge < -0.3 is 10.1 Å². The number of hydrogen-bond donors (Lipinski definition) is 2. The van der Waals surface area contributed by atoms with Crippen molar-refractivity contribution in [1.82, 2.24) is 25.1 Å². The number of aromatic nitrogens is 4. The van der Waals surface area contributed by atoms with E-state index in [0.29, 0.717) is 35.3 Å². The molecule has 1 aromatic carbocycles. The molecule has 0 radical (unpaired) electrons. The molecular formula is C18H22ClN5O2. The van der Waals surface area contributed by atoms with Crippen molar-refractivity contribution in [2.75, 3.05) is 13.7 Å². The molecule has 0 spiro atoms. The van der Waals surface area contributed by atoms with Crippen LogP contribution in [0.1, 0.15) is 32.9 Å². The predicted molar refractivity (Wildman–Crippen MR) is 101 cm³/mol. The molecule has 0 atom stereocenters. The molecule has 138 valence electrons. The van der Waals surface area contributed by atoms with Gasteiger partial charge in [-0.1, -0.05) is 32.4 Å². The van der Waals surface area contributed by atoms with E-state index >= 15 is 0 Å². The van der Waals surface area contributed by atoms with Crippen LogP contribution >= 0.6 is 11.6 Å². The molecule has 1 amide bonds. The Morgan fingerprint density at radius 2 is 2.00 bits per heavy atom. The van der Waals surface area contributed by atoms with Gasteiger partial charge in [0.1, 0.15) is 10.8 Å². The third-order valence-corrected chi connectivity index (χ3v) is 4.34. The summed E-state index contributed by atoms with van der Waals surface area (Å²) in [4.78, 5) is 15.7. The van der Waals surface area contributed by atoms with Gasteiger partial charge in [0.05, 0.1) is 18.7 Å². The number of halogens is 1. The summed E-state index contributed by atoms with van der Waals surface area (Å²) < 4.78 is 7.15. The van der Waals surface area contributed by atoms with Crippen LogP contribution in [0.15, 0.2) is 24.3 Å². The fourth-order valence-corrected chi connectivity index (χ4v) is 2.95. The Morgan fingerprint density at radius 3 is 2.58 bits per heavy atom. The molecule has 0 aliphatic carbocycles. The topological polar surface area (TPSA) is 84.3 Å². The molecule has 0 aliphatic heterocycles. The van der Waals surface area contributed by atoms with Crippen LogP contribution in [0.5, 0.6) is 5.75 Å². The van der Waals surface area contributed by atoms with Crippen LogP contribution in [0.2, 0.25) is 5.02 Å². The summed E-state index contributed by atoms with van der Waals surface area (Å²) in [6.07, 6.45) is 0.320. The maximum absolute atomic E-state index is 11.2. The third-order valence-electron chi connectivity index (χ3n) is 3.98. The first-order chi connectivity index (χ1) is 12.3. The number of ether oxygens (including phenoxy) is 1. The summed E-state index contributed by atoms with van der Waals surface area (Å²) in [5.74, 6) is 1.22. The monoisotopic (exact) mass is 375 g/mol. The molecule has 0 saturated carbocycles. The minimum atomic E-state index is -0.118. The van der Waals surface area contributed by atoms with Gasteiger partial charge in [-0.25, -0.2) is 4.98 Å². The van der Waals surface area contributed by atoms with E-state index in [4.69, 9.17) is 16.3 Å². The summed E-state index contributed by atoms with van der Waals surface area (Å²) in [6, 6.07) is 7.42. The Labute approximate surface area is 156 Å². The number of fused-ring (bicyclic) bond motifs is 1. The first kappa shape index (κ1) is 18.3. The largest absolute Gasteiger partial charge is 0.493 e. The second kappa shape index (κ2) is 6.99. The van der Waals surface area contributed by atoms with E-state index in [9.17, 15) is 4.79 Å². The number of benzene rings is 1. The number of nitrogens with one attached hydrogen (secondary N) is 2. The van der Waals surface area contributed by atoms with Gasteiger partial charge in [-0.2, -0.15) is 4.63 Å². The summed E-state index contributed by atoms with van der Waals surface area (Å²) in [5.41, 5.74) is 2.25. The Balaban J connectivity index is 1.76. The zero-order valence-corrected chi connectivity index (χ0v) is 16.0. The number of H-pyrrole nitrogens is 1. The van der Waals surface area contributed by atoms with Crippen LogP contribution in [0.4, 0.5) is 0 Å². The van der Waals surface area contributed by atoms with Crippen molar-refractivity contribution < 1.29 is 9.53 Å². The number of nitrogens with zero attached hydrogens (tertiary/aromatic N) is 3. The van der Waals surface area contributed by atoms with E-state index in [-0.39, 0.29) is 11.3 Å². The lowest BCUT2D eigenvalue weighted by Crippen LogP contribution is -2.20. The number of carbonyl (C=O) groups is 1. The third kappa shape index (κ3) is 3.67. The van der Waals surface area contributed by atoms with Gasteiger partial charge in [0, 0.05) is 18.0 Å². The van der Waals surface area contributed by atoms with E-state index < -0.39 is 0 Å². The minimum absolute atomic E-state index is 0.0506. The van der Waals surface area contributed by atoms with Crippen molar-refractivity contribution >= 4 is 23.2 Å². The van der Waals surface area contributed by atoms with Crippen LogP contribution < -0.4 is 10.1 Å². The van der Waals surface area contributed by atoms with Crippen molar-refractivity contribution in [2.24, 2.45) is 0 Å². The molecule has 3 rings (SSSR count). The van der Waals surface area contributed by atoms with Crippen molar-refractivity contribution in [3.05, 3.63) is 35.0 Å². The SMILES string of the molecule is CNC(=O)CCOc1ccc(-c2nc3c(Cl)c(C(C)(C)C)[nH]n3n2)cc1. The number of rotatable bonds is 5.